The first-order valence-corrected chi connectivity index (χ1v) is 11.5. The van der Waals surface area contributed by atoms with Crippen LogP contribution >= 0.6 is 0 Å². The fourth-order valence-corrected chi connectivity index (χ4v) is 4.81. The third-order valence-corrected chi connectivity index (χ3v) is 7.07. The van der Waals surface area contributed by atoms with E-state index in [2.05, 4.69) is 10.2 Å². The number of hydrogen-bond donors (Lipinski definition) is 3. The van der Waals surface area contributed by atoms with Crippen molar-refractivity contribution in [2.45, 2.75) is 18.4 Å². The summed E-state index contributed by atoms with van der Waals surface area (Å²) in [5.41, 5.74) is 1.41. The number of aryl methyl sites for hydroxylation is 1. The molecule has 1 aromatic heterocycles. The van der Waals surface area contributed by atoms with Crippen molar-refractivity contribution in [3.63, 3.8) is 0 Å². The van der Waals surface area contributed by atoms with E-state index >= 15 is 0 Å². The molecule has 4 aromatic rings. The van der Waals surface area contributed by atoms with Gasteiger partial charge in [-0.3, -0.25) is 0 Å². The average Bonchev–Trinajstić information content (AvgIpc) is 3.15. The van der Waals surface area contributed by atoms with Gasteiger partial charge in [-0.05, 0) is 30.7 Å². The van der Waals surface area contributed by atoms with Crippen LogP contribution in [0.5, 0.6) is 17.5 Å². The Hall–Kier alpha value is -3.96. The summed E-state index contributed by atoms with van der Waals surface area (Å²) in [6.45, 7) is 1.92. The molecule has 0 radical (unpaired) electrons. The molecule has 0 spiro atoms. The molecule has 34 heavy (non-hydrogen) atoms. The molecule has 0 saturated carbocycles. The second-order valence-electron chi connectivity index (χ2n) is 7.70. The number of aromatic nitrogens is 3. The van der Waals surface area contributed by atoms with Gasteiger partial charge < -0.3 is 15.3 Å². The zero-order valence-corrected chi connectivity index (χ0v) is 19.0. The van der Waals surface area contributed by atoms with Crippen LogP contribution in [0.2, 0.25) is 0 Å². The fraction of sp³-hybridized carbons (Fsp3) is 0.130. The summed E-state index contributed by atoms with van der Waals surface area (Å²) in [6.07, 6.45) is 0. The molecule has 0 amide bonds. The molecule has 9 nitrogen and oxygen atoms in total. The molecular formula is C23H21FN4O5S. The lowest BCUT2D eigenvalue weighted by molar-refractivity contribution is 0.418. The Morgan fingerprint density at radius 3 is 2.41 bits per heavy atom. The SMILES string of the molecule is Cc1cccc(CN(C)S(=O)(=O)c2cc(-c3nnc(O)n3-c3ccccc3F)c(O)cc2O)c1. The van der Waals surface area contributed by atoms with Crippen molar-refractivity contribution in [3.8, 4) is 34.6 Å². The molecule has 4 rings (SSSR count). The maximum Gasteiger partial charge on any atom is 0.319 e. The summed E-state index contributed by atoms with van der Waals surface area (Å²) >= 11 is 0. The van der Waals surface area contributed by atoms with Crippen LogP contribution in [-0.2, 0) is 16.6 Å². The number of hydrogen-bond acceptors (Lipinski definition) is 7. The first kappa shape index (κ1) is 23.2. The molecule has 0 aliphatic heterocycles. The molecule has 0 atom stereocenters. The topological polar surface area (TPSA) is 129 Å². The van der Waals surface area contributed by atoms with Gasteiger partial charge in [-0.1, -0.05) is 47.1 Å². The summed E-state index contributed by atoms with van der Waals surface area (Å²) < 4.78 is 43.0. The van der Waals surface area contributed by atoms with Crippen LogP contribution in [-0.4, -0.2) is 49.9 Å². The Balaban J connectivity index is 1.81. The lowest BCUT2D eigenvalue weighted by Crippen LogP contribution is -2.26. The van der Waals surface area contributed by atoms with Gasteiger partial charge >= 0.3 is 6.01 Å². The van der Waals surface area contributed by atoms with Crippen molar-refractivity contribution in [1.82, 2.24) is 19.1 Å². The van der Waals surface area contributed by atoms with Gasteiger partial charge in [0.15, 0.2) is 5.82 Å². The van der Waals surface area contributed by atoms with E-state index in [4.69, 9.17) is 0 Å². The normalized spacial score (nSPS) is 11.8. The third-order valence-electron chi connectivity index (χ3n) is 5.23. The quantitative estimate of drug-likeness (QED) is 0.383. The summed E-state index contributed by atoms with van der Waals surface area (Å²) in [4.78, 5) is -0.502. The van der Waals surface area contributed by atoms with Crippen molar-refractivity contribution in [1.29, 1.82) is 0 Å². The molecule has 0 aliphatic rings. The molecule has 11 heteroatoms. The number of sulfonamides is 1. The Kier molecular flexibility index (Phi) is 5.98. The lowest BCUT2D eigenvalue weighted by atomic mass is 10.1. The van der Waals surface area contributed by atoms with Gasteiger partial charge in [0.1, 0.15) is 22.2 Å². The van der Waals surface area contributed by atoms with Crippen molar-refractivity contribution in [2.24, 2.45) is 0 Å². The zero-order chi connectivity index (χ0) is 24.6. The molecule has 0 unspecified atom stereocenters. The summed E-state index contributed by atoms with van der Waals surface area (Å²) in [7, 11) is -2.87. The predicted molar refractivity (Wildman–Crippen MR) is 122 cm³/mol. The van der Waals surface area contributed by atoms with Gasteiger partial charge in [-0.25, -0.2) is 17.4 Å². The first-order chi connectivity index (χ1) is 16.1. The van der Waals surface area contributed by atoms with Crippen molar-refractivity contribution in [2.75, 3.05) is 7.05 Å². The van der Waals surface area contributed by atoms with E-state index in [9.17, 15) is 28.1 Å². The van der Waals surface area contributed by atoms with Gasteiger partial charge in [0, 0.05) is 19.7 Å². The van der Waals surface area contributed by atoms with E-state index in [1.54, 1.807) is 6.07 Å². The number of aromatic hydroxyl groups is 3. The maximum atomic E-state index is 14.4. The van der Waals surface area contributed by atoms with Gasteiger partial charge in [-0.15, -0.1) is 5.10 Å². The number of halogens is 1. The van der Waals surface area contributed by atoms with Gasteiger partial charge in [0.05, 0.1) is 11.3 Å². The van der Waals surface area contributed by atoms with Crippen LogP contribution in [0.15, 0.2) is 65.6 Å². The minimum atomic E-state index is -4.23. The largest absolute Gasteiger partial charge is 0.507 e. The summed E-state index contributed by atoms with van der Waals surface area (Å²) in [5, 5.41) is 38.3. The Morgan fingerprint density at radius 2 is 1.71 bits per heavy atom. The molecular weight excluding hydrogens is 463 g/mol. The first-order valence-electron chi connectivity index (χ1n) is 10.1. The van der Waals surface area contributed by atoms with Gasteiger partial charge in [0.25, 0.3) is 0 Å². The highest BCUT2D eigenvalue weighted by atomic mass is 32.2. The minimum absolute atomic E-state index is 0.0336. The monoisotopic (exact) mass is 484 g/mol. The molecule has 176 valence electrons. The fourth-order valence-electron chi connectivity index (χ4n) is 3.57. The lowest BCUT2D eigenvalue weighted by Gasteiger charge is -2.19. The summed E-state index contributed by atoms with van der Waals surface area (Å²) in [6, 6.07) is 14.0. The predicted octanol–water partition coefficient (Wildman–Crippen LogP) is 3.32. The van der Waals surface area contributed by atoms with Crippen LogP contribution in [0.25, 0.3) is 17.1 Å². The van der Waals surface area contributed by atoms with E-state index in [0.29, 0.717) is 0 Å². The maximum absolute atomic E-state index is 14.4. The molecule has 3 aromatic carbocycles. The number of para-hydroxylation sites is 1. The van der Waals surface area contributed by atoms with Crippen molar-refractivity contribution < 1.29 is 28.1 Å². The van der Waals surface area contributed by atoms with Gasteiger partial charge in [-0.2, -0.15) is 4.31 Å². The van der Waals surface area contributed by atoms with Crippen molar-refractivity contribution >= 4 is 10.0 Å². The smallest absolute Gasteiger partial charge is 0.319 e. The zero-order valence-electron chi connectivity index (χ0n) is 18.2. The third kappa shape index (κ3) is 4.18. The number of benzene rings is 3. The standard InChI is InChI=1S/C23H21FN4O5S/c1-14-6-5-7-15(10-14)13-27(2)34(32,33)21-11-16(19(29)12-20(21)30)22-25-26-23(31)28(22)18-9-4-3-8-17(18)24/h3-12,29-30H,13H2,1-2H3,(H,26,31). The molecule has 0 fully saturated rings. The summed E-state index contributed by atoms with van der Waals surface area (Å²) in [5.74, 6) is -2.15. The number of rotatable bonds is 6. The Bertz CT molecular complexity index is 1490. The number of phenolic OH excluding ortho intramolecular Hbond substituents is 2. The minimum Gasteiger partial charge on any atom is -0.507 e. The molecule has 0 saturated heterocycles. The Labute approximate surface area is 195 Å². The van der Waals surface area contributed by atoms with Gasteiger partial charge in [0.2, 0.25) is 10.0 Å². The van der Waals surface area contributed by atoms with E-state index in [1.165, 1.54) is 25.2 Å². The second kappa shape index (κ2) is 8.76. The molecule has 3 N–H and O–H groups in total. The number of nitrogens with zero attached hydrogens (tertiary/aromatic N) is 4. The van der Waals surface area contributed by atoms with Crippen LogP contribution < -0.4 is 0 Å². The average molecular weight is 485 g/mol. The van der Waals surface area contributed by atoms with E-state index < -0.39 is 38.2 Å². The van der Waals surface area contributed by atoms with Crippen LogP contribution in [0.3, 0.4) is 0 Å². The second-order valence-corrected chi connectivity index (χ2v) is 9.71. The highest BCUT2D eigenvalue weighted by molar-refractivity contribution is 7.89. The molecule has 1 heterocycles. The highest BCUT2D eigenvalue weighted by Gasteiger charge is 2.28. The molecule has 0 bridgehead atoms. The Morgan fingerprint density at radius 1 is 0.971 bits per heavy atom. The molecule has 0 aliphatic carbocycles. The van der Waals surface area contributed by atoms with E-state index in [-0.39, 0.29) is 23.6 Å². The van der Waals surface area contributed by atoms with Crippen LogP contribution in [0, 0.1) is 12.7 Å². The van der Waals surface area contributed by atoms with E-state index in [1.807, 2.05) is 25.1 Å². The van der Waals surface area contributed by atoms with Crippen LogP contribution in [0.4, 0.5) is 4.39 Å². The highest BCUT2D eigenvalue weighted by Crippen LogP contribution is 2.39. The van der Waals surface area contributed by atoms with Crippen LogP contribution in [0.1, 0.15) is 11.1 Å². The van der Waals surface area contributed by atoms with Crippen molar-refractivity contribution in [3.05, 3.63) is 77.6 Å². The van der Waals surface area contributed by atoms with E-state index in [0.717, 1.165) is 38.2 Å². The number of phenols is 2.